The van der Waals surface area contributed by atoms with E-state index in [9.17, 15) is 9.18 Å². The number of rotatable bonds is 6. The van der Waals surface area contributed by atoms with Crippen molar-refractivity contribution in [3.8, 4) is 11.8 Å². The Morgan fingerprint density at radius 2 is 2.15 bits per heavy atom. The van der Waals surface area contributed by atoms with Gasteiger partial charge >= 0.3 is 6.03 Å². The van der Waals surface area contributed by atoms with Gasteiger partial charge in [-0.3, -0.25) is 4.90 Å². The Morgan fingerprint density at radius 3 is 2.78 bits per heavy atom. The predicted octanol–water partition coefficient (Wildman–Crippen LogP) is 2.39. The highest BCUT2D eigenvalue weighted by Crippen LogP contribution is 2.41. The molecule has 146 valence electrons. The van der Waals surface area contributed by atoms with E-state index in [2.05, 4.69) is 11.8 Å². The molecule has 1 aromatic carbocycles. The van der Waals surface area contributed by atoms with Gasteiger partial charge in [-0.1, -0.05) is 6.92 Å². The molecular formula is C20H27FN4O2. The maximum Gasteiger partial charge on any atom is 0.314 e. The summed E-state index contributed by atoms with van der Waals surface area (Å²) in [6, 6.07) is 8.36. The number of amides is 2. The Balaban J connectivity index is 1.53. The number of nitrogens with two attached hydrogens (primary N) is 1. The molecule has 2 N–H and O–H groups in total. The van der Waals surface area contributed by atoms with Gasteiger partial charge < -0.3 is 15.4 Å². The second kappa shape index (κ2) is 8.13. The number of alkyl halides is 1. The molecule has 0 aromatic heterocycles. The molecule has 0 radical (unpaired) electrons. The molecule has 0 spiro atoms. The van der Waals surface area contributed by atoms with Crippen LogP contribution in [0.1, 0.15) is 25.3 Å². The van der Waals surface area contributed by atoms with E-state index < -0.39 is 6.17 Å². The van der Waals surface area contributed by atoms with Gasteiger partial charge in [-0.05, 0) is 43.0 Å². The lowest BCUT2D eigenvalue weighted by molar-refractivity contribution is -0.0317. The average Bonchev–Trinajstić information content (AvgIpc) is 2.66. The molecule has 3 rings (SSSR count). The first kappa shape index (κ1) is 19.4. The van der Waals surface area contributed by atoms with Crippen molar-refractivity contribution in [2.45, 2.75) is 25.9 Å². The van der Waals surface area contributed by atoms with Crippen molar-refractivity contribution in [2.24, 2.45) is 17.1 Å². The SMILES string of the molecule is CCC12CC(CN(CC(F)COc3ccc(C#N)cc3)C1)CN(C(N)=O)C2. The molecule has 2 heterocycles. The largest absolute Gasteiger partial charge is 0.491 e. The summed E-state index contributed by atoms with van der Waals surface area (Å²) < 4.78 is 20.0. The van der Waals surface area contributed by atoms with Crippen LogP contribution >= 0.6 is 0 Å². The molecular weight excluding hydrogens is 347 g/mol. The minimum absolute atomic E-state index is 0.00387. The zero-order valence-electron chi connectivity index (χ0n) is 15.7. The topological polar surface area (TPSA) is 82.6 Å². The molecule has 3 atom stereocenters. The maximum absolute atomic E-state index is 14.5. The summed E-state index contributed by atoms with van der Waals surface area (Å²) in [5, 5.41) is 8.80. The van der Waals surface area contributed by atoms with E-state index in [1.54, 1.807) is 29.2 Å². The van der Waals surface area contributed by atoms with Gasteiger partial charge in [-0.25, -0.2) is 9.18 Å². The van der Waals surface area contributed by atoms with Crippen LogP contribution in [0.25, 0.3) is 0 Å². The van der Waals surface area contributed by atoms with Crippen LogP contribution in [0.5, 0.6) is 5.75 Å². The van der Waals surface area contributed by atoms with Gasteiger partial charge in [0.05, 0.1) is 11.6 Å². The number of urea groups is 1. The molecule has 7 heteroatoms. The Labute approximate surface area is 159 Å². The highest BCUT2D eigenvalue weighted by atomic mass is 19.1. The minimum atomic E-state index is -1.10. The van der Waals surface area contributed by atoms with Crippen molar-refractivity contribution in [1.29, 1.82) is 5.26 Å². The molecule has 2 aliphatic heterocycles. The first-order chi connectivity index (χ1) is 12.9. The third-order valence-corrected chi connectivity index (χ3v) is 5.73. The molecule has 2 aliphatic rings. The Kier molecular flexibility index (Phi) is 5.85. The number of nitrogens with zero attached hydrogens (tertiary/aromatic N) is 3. The fraction of sp³-hybridized carbons (Fsp3) is 0.600. The standard InChI is InChI=1S/C20H27FN4O2/c1-2-20-7-16(10-25(14-20)19(23)26)9-24(13-20)11-17(21)12-27-18-5-3-15(8-22)4-6-18/h3-6,16-17H,2,7,9-14H2,1H3,(H2,23,26). The summed E-state index contributed by atoms with van der Waals surface area (Å²) in [6.07, 6.45) is 0.922. The number of hydrogen-bond acceptors (Lipinski definition) is 4. The van der Waals surface area contributed by atoms with Gasteiger partial charge in [0, 0.05) is 38.1 Å². The van der Waals surface area contributed by atoms with Crippen LogP contribution in [0, 0.1) is 22.7 Å². The number of carbonyl (C=O) groups excluding carboxylic acids is 1. The summed E-state index contributed by atoms with van der Waals surface area (Å²) in [7, 11) is 0. The van der Waals surface area contributed by atoms with E-state index >= 15 is 0 Å². The van der Waals surface area contributed by atoms with E-state index in [1.807, 2.05) is 6.07 Å². The molecule has 2 amide bonds. The monoisotopic (exact) mass is 374 g/mol. The first-order valence-corrected chi connectivity index (χ1v) is 9.47. The number of piperidine rings is 2. The Morgan fingerprint density at radius 1 is 1.41 bits per heavy atom. The van der Waals surface area contributed by atoms with Crippen molar-refractivity contribution in [3.05, 3.63) is 29.8 Å². The minimum Gasteiger partial charge on any atom is -0.491 e. The van der Waals surface area contributed by atoms with Gasteiger partial charge in [-0.2, -0.15) is 5.26 Å². The number of carbonyl (C=O) groups is 1. The molecule has 2 saturated heterocycles. The highest BCUT2D eigenvalue weighted by molar-refractivity contribution is 5.72. The molecule has 0 saturated carbocycles. The average molecular weight is 374 g/mol. The fourth-order valence-corrected chi connectivity index (χ4v) is 4.48. The summed E-state index contributed by atoms with van der Waals surface area (Å²) in [6.45, 7) is 5.32. The molecule has 2 fully saturated rings. The predicted molar refractivity (Wildman–Crippen MR) is 100.0 cm³/mol. The van der Waals surface area contributed by atoms with E-state index in [0.717, 1.165) is 25.9 Å². The third-order valence-electron chi connectivity index (χ3n) is 5.73. The van der Waals surface area contributed by atoms with Crippen LogP contribution < -0.4 is 10.5 Å². The number of hydrogen-bond donors (Lipinski definition) is 1. The van der Waals surface area contributed by atoms with E-state index in [1.165, 1.54) is 0 Å². The summed E-state index contributed by atoms with van der Waals surface area (Å²) in [5.41, 5.74) is 6.05. The number of likely N-dealkylation sites (tertiary alicyclic amines) is 2. The van der Waals surface area contributed by atoms with Gasteiger partial charge in [0.15, 0.2) is 0 Å². The van der Waals surface area contributed by atoms with E-state index in [0.29, 0.717) is 36.9 Å². The van der Waals surface area contributed by atoms with Crippen LogP contribution in [0.2, 0.25) is 0 Å². The number of nitriles is 1. The third kappa shape index (κ3) is 4.69. The molecule has 6 nitrogen and oxygen atoms in total. The molecule has 0 aliphatic carbocycles. The normalized spacial score (nSPS) is 26.3. The highest BCUT2D eigenvalue weighted by Gasteiger charge is 2.45. The number of benzene rings is 1. The maximum atomic E-state index is 14.5. The van der Waals surface area contributed by atoms with Gasteiger partial charge in [0.25, 0.3) is 0 Å². The second-order valence-electron chi connectivity index (χ2n) is 7.88. The zero-order chi connectivity index (χ0) is 19.4. The van der Waals surface area contributed by atoms with Crippen molar-refractivity contribution in [1.82, 2.24) is 9.80 Å². The van der Waals surface area contributed by atoms with Crippen molar-refractivity contribution in [3.63, 3.8) is 0 Å². The number of fused-ring (bicyclic) bond motifs is 2. The summed E-state index contributed by atoms with van der Waals surface area (Å²) >= 11 is 0. The molecule has 1 aromatic rings. The van der Waals surface area contributed by atoms with Gasteiger partial charge in [0.2, 0.25) is 0 Å². The summed E-state index contributed by atoms with van der Waals surface area (Å²) in [5.74, 6) is 0.904. The van der Waals surface area contributed by atoms with Crippen LogP contribution in [0.4, 0.5) is 9.18 Å². The molecule has 2 bridgehead atoms. The van der Waals surface area contributed by atoms with Crippen molar-refractivity contribution >= 4 is 6.03 Å². The lowest BCUT2D eigenvalue weighted by atomic mass is 9.70. The number of ether oxygens (including phenoxy) is 1. The smallest absolute Gasteiger partial charge is 0.314 e. The van der Waals surface area contributed by atoms with E-state index in [-0.39, 0.29) is 18.1 Å². The quantitative estimate of drug-likeness (QED) is 0.829. The Hall–Kier alpha value is -2.33. The lowest BCUT2D eigenvalue weighted by Gasteiger charge is -2.53. The van der Waals surface area contributed by atoms with Crippen LogP contribution in [0.3, 0.4) is 0 Å². The van der Waals surface area contributed by atoms with Gasteiger partial charge in [-0.15, -0.1) is 0 Å². The molecule has 3 unspecified atom stereocenters. The van der Waals surface area contributed by atoms with Gasteiger partial charge in [0.1, 0.15) is 18.5 Å². The zero-order valence-corrected chi connectivity index (χ0v) is 15.7. The number of primary amides is 1. The van der Waals surface area contributed by atoms with E-state index in [4.69, 9.17) is 15.7 Å². The molecule has 27 heavy (non-hydrogen) atoms. The van der Waals surface area contributed by atoms with Crippen LogP contribution in [-0.2, 0) is 0 Å². The van der Waals surface area contributed by atoms with Crippen LogP contribution in [-0.4, -0.2) is 61.3 Å². The fourth-order valence-electron chi connectivity index (χ4n) is 4.48. The Bertz CT molecular complexity index is 705. The lowest BCUT2D eigenvalue weighted by Crippen LogP contribution is -2.61. The first-order valence-electron chi connectivity index (χ1n) is 9.47. The number of halogens is 1. The summed E-state index contributed by atoms with van der Waals surface area (Å²) in [4.78, 5) is 15.5. The van der Waals surface area contributed by atoms with Crippen LogP contribution in [0.15, 0.2) is 24.3 Å². The van der Waals surface area contributed by atoms with Crippen molar-refractivity contribution in [2.75, 3.05) is 39.3 Å². The second-order valence-corrected chi connectivity index (χ2v) is 7.88. The van der Waals surface area contributed by atoms with Crippen molar-refractivity contribution < 1.29 is 13.9 Å².